The monoisotopic (exact) mass is 536 g/mol. The predicted molar refractivity (Wildman–Crippen MR) is 147 cm³/mol. The average molecular weight is 537 g/mol. The molecule has 2 aromatic rings. The van der Waals surface area contributed by atoms with Crippen LogP contribution in [0.2, 0.25) is 0 Å². The number of carboxylic acids is 1. The SMILES string of the molecule is CCCOc1cccc([C@]2(C(=O)N[C@@H]3C(=O)N4[C@@H](C(=O)O)C(C)(C)S[C@@H]34)CCC[C@H]2Cc2ccccc2)c1. The number of ether oxygens (including phenoxy) is 1. The third kappa shape index (κ3) is 4.46. The quantitative estimate of drug-likeness (QED) is 0.462. The van der Waals surface area contributed by atoms with E-state index in [1.807, 2.05) is 56.3 Å². The number of β-lactam (4-membered cyclic amide) rings is 1. The van der Waals surface area contributed by atoms with Gasteiger partial charge >= 0.3 is 5.97 Å². The van der Waals surface area contributed by atoms with Gasteiger partial charge in [-0.15, -0.1) is 11.8 Å². The number of nitrogens with zero attached hydrogens (tertiary/aromatic N) is 1. The molecule has 8 heteroatoms. The Bertz CT molecular complexity index is 1220. The fourth-order valence-electron chi connectivity index (χ4n) is 6.56. The second-order valence-electron chi connectivity index (χ2n) is 11.2. The molecule has 202 valence electrons. The predicted octanol–water partition coefficient (Wildman–Crippen LogP) is 4.39. The van der Waals surface area contributed by atoms with Crippen molar-refractivity contribution in [3.05, 3.63) is 65.7 Å². The molecular weight excluding hydrogens is 500 g/mol. The van der Waals surface area contributed by atoms with Crippen LogP contribution in [0.25, 0.3) is 0 Å². The molecule has 0 bridgehead atoms. The van der Waals surface area contributed by atoms with E-state index in [9.17, 15) is 19.5 Å². The highest BCUT2D eigenvalue weighted by atomic mass is 32.2. The van der Waals surface area contributed by atoms with Gasteiger partial charge in [0.15, 0.2) is 0 Å². The summed E-state index contributed by atoms with van der Waals surface area (Å²) in [5, 5.41) is 12.5. The standard InChI is InChI=1S/C30H36N2O5S/c1-4-16-37-22-14-8-12-21(18-22)30(15-9-13-20(30)17-19-10-6-5-7-11-19)28(36)31-23-25(33)32-24(27(34)35)29(2,3)38-26(23)32/h5-8,10-12,14,18,20,23-24,26H,4,9,13,15-17H2,1-3H3,(H,31,36)(H,34,35)/t20-,23+,24-,26-,30-/m0/s1. The summed E-state index contributed by atoms with van der Waals surface area (Å²) >= 11 is 1.45. The van der Waals surface area contributed by atoms with Crippen LogP contribution in [0, 0.1) is 5.92 Å². The van der Waals surface area contributed by atoms with Crippen molar-refractivity contribution in [3.63, 3.8) is 0 Å². The van der Waals surface area contributed by atoms with Gasteiger partial charge in [0.1, 0.15) is 23.2 Å². The van der Waals surface area contributed by atoms with E-state index in [0.717, 1.165) is 37.0 Å². The number of nitrogens with one attached hydrogen (secondary N) is 1. The van der Waals surface area contributed by atoms with Gasteiger partial charge < -0.3 is 20.1 Å². The van der Waals surface area contributed by atoms with Crippen LogP contribution in [0.1, 0.15) is 57.6 Å². The van der Waals surface area contributed by atoms with Gasteiger partial charge in [-0.05, 0) is 68.7 Å². The number of hydrogen-bond donors (Lipinski definition) is 2. The molecule has 0 unspecified atom stereocenters. The number of hydrogen-bond acceptors (Lipinski definition) is 5. The van der Waals surface area contributed by atoms with Gasteiger partial charge in [-0.25, -0.2) is 4.79 Å². The van der Waals surface area contributed by atoms with E-state index in [-0.39, 0.29) is 23.1 Å². The van der Waals surface area contributed by atoms with E-state index in [4.69, 9.17) is 4.74 Å². The minimum Gasteiger partial charge on any atom is -0.494 e. The molecule has 0 radical (unpaired) electrons. The van der Waals surface area contributed by atoms with Gasteiger partial charge in [-0.1, -0.05) is 55.8 Å². The highest BCUT2D eigenvalue weighted by molar-refractivity contribution is 8.01. The number of fused-ring (bicyclic) bond motifs is 1. The molecular formula is C30H36N2O5S. The second-order valence-corrected chi connectivity index (χ2v) is 12.9. The van der Waals surface area contributed by atoms with Crippen LogP contribution >= 0.6 is 11.8 Å². The van der Waals surface area contributed by atoms with Crippen LogP contribution in [-0.2, 0) is 26.2 Å². The molecule has 2 aliphatic heterocycles. The van der Waals surface area contributed by atoms with E-state index in [2.05, 4.69) is 24.4 Å². The summed E-state index contributed by atoms with van der Waals surface area (Å²) in [5.74, 6) is -0.690. The van der Waals surface area contributed by atoms with E-state index < -0.39 is 28.2 Å². The lowest BCUT2D eigenvalue weighted by Crippen LogP contribution is -2.72. The Labute approximate surface area is 228 Å². The first-order valence-corrected chi connectivity index (χ1v) is 14.4. The lowest BCUT2D eigenvalue weighted by atomic mass is 9.69. The van der Waals surface area contributed by atoms with Crippen molar-refractivity contribution in [2.45, 2.75) is 80.5 Å². The van der Waals surface area contributed by atoms with Crippen molar-refractivity contribution in [1.29, 1.82) is 0 Å². The summed E-state index contributed by atoms with van der Waals surface area (Å²) in [6.07, 6.45) is 4.13. The Hall–Kier alpha value is -3.00. The van der Waals surface area contributed by atoms with E-state index >= 15 is 0 Å². The van der Waals surface area contributed by atoms with Gasteiger partial charge in [0.2, 0.25) is 11.8 Å². The summed E-state index contributed by atoms with van der Waals surface area (Å²) < 4.78 is 5.29. The van der Waals surface area contributed by atoms with Gasteiger partial charge in [0.05, 0.1) is 12.0 Å². The maximum Gasteiger partial charge on any atom is 0.327 e. The van der Waals surface area contributed by atoms with Crippen molar-refractivity contribution < 1.29 is 24.2 Å². The molecule has 2 amide bonds. The van der Waals surface area contributed by atoms with Crippen LogP contribution in [0.3, 0.4) is 0 Å². The highest BCUT2D eigenvalue weighted by Gasteiger charge is 2.65. The molecule has 1 aliphatic carbocycles. The number of amides is 2. The van der Waals surface area contributed by atoms with Gasteiger partial charge in [-0.2, -0.15) is 0 Å². The maximum absolute atomic E-state index is 14.4. The van der Waals surface area contributed by atoms with Gasteiger partial charge in [-0.3, -0.25) is 9.59 Å². The van der Waals surface area contributed by atoms with Crippen molar-refractivity contribution in [3.8, 4) is 5.75 Å². The first-order valence-electron chi connectivity index (χ1n) is 13.5. The van der Waals surface area contributed by atoms with Crippen molar-refractivity contribution >= 4 is 29.5 Å². The number of benzene rings is 2. The third-order valence-corrected chi connectivity index (χ3v) is 9.91. The van der Waals surface area contributed by atoms with Crippen LogP contribution in [0.15, 0.2) is 54.6 Å². The molecule has 3 fully saturated rings. The summed E-state index contributed by atoms with van der Waals surface area (Å²) in [7, 11) is 0. The number of carbonyl (C=O) groups is 3. The number of aliphatic carboxylic acids is 1. The zero-order valence-electron chi connectivity index (χ0n) is 22.2. The van der Waals surface area contributed by atoms with E-state index in [1.165, 1.54) is 22.2 Å². The first-order chi connectivity index (χ1) is 18.2. The Morgan fingerprint density at radius 2 is 1.92 bits per heavy atom. The molecule has 5 rings (SSSR count). The zero-order valence-corrected chi connectivity index (χ0v) is 23.0. The van der Waals surface area contributed by atoms with Gasteiger partial charge in [0, 0.05) is 4.75 Å². The molecule has 1 saturated carbocycles. The molecule has 2 aromatic carbocycles. The lowest BCUT2D eigenvalue weighted by molar-refractivity contribution is -0.161. The fraction of sp³-hybridized carbons (Fsp3) is 0.500. The largest absolute Gasteiger partial charge is 0.494 e. The minimum atomic E-state index is -1.01. The molecule has 2 saturated heterocycles. The van der Waals surface area contributed by atoms with E-state index in [0.29, 0.717) is 13.0 Å². The summed E-state index contributed by atoms with van der Waals surface area (Å²) in [4.78, 5) is 40.9. The Morgan fingerprint density at radius 1 is 1.16 bits per heavy atom. The Morgan fingerprint density at radius 3 is 2.63 bits per heavy atom. The van der Waals surface area contributed by atoms with Crippen LogP contribution in [0.4, 0.5) is 0 Å². The molecule has 7 nitrogen and oxygen atoms in total. The molecule has 0 spiro atoms. The highest BCUT2D eigenvalue weighted by Crippen LogP contribution is 2.52. The van der Waals surface area contributed by atoms with Crippen molar-refractivity contribution in [2.75, 3.05) is 6.61 Å². The van der Waals surface area contributed by atoms with Crippen LogP contribution in [-0.4, -0.2) is 56.6 Å². The van der Waals surface area contributed by atoms with Crippen LogP contribution < -0.4 is 10.1 Å². The van der Waals surface area contributed by atoms with Crippen LogP contribution in [0.5, 0.6) is 5.75 Å². The average Bonchev–Trinajstić information content (AvgIpc) is 3.43. The molecule has 0 aromatic heterocycles. The molecule has 2 N–H and O–H groups in total. The third-order valence-electron chi connectivity index (χ3n) is 8.33. The summed E-state index contributed by atoms with van der Waals surface area (Å²) in [6, 6.07) is 16.4. The molecule has 2 heterocycles. The minimum absolute atomic E-state index is 0.0528. The molecule has 5 atom stereocenters. The van der Waals surface area contributed by atoms with Gasteiger partial charge in [0.25, 0.3) is 0 Å². The lowest BCUT2D eigenvalue weighted by Gasteiger charge is -2.45. The normalized spacial score (nSPS) is 29.4. The zero-order chi connectivity index (χ0) is 27.1. The smallest absolute Gasteiger partial charge is 0.327 e. The molecule has 38 heavy (non-hydrogen) atoms. The van der Waals surface area contributed by atoms with Crippen molar-refractivity contribution in [1.82, 2.24) is 10.2 Å². The molecule has 3 aliphatic rings. The maximum atomic E-state index is 14.4. The number of carbonyl (C=O) groups excluding carboxylic acids is 2. The number of carboxylic acid groups (broad SMARTS) is 1. The fourth-order valence-corrected chi connectivity index (χ4v) is 8.19. The summed E-state index contributed by atoms with van der Waals surface area (Å²) in [5.41, 5.74) is 1.28. The number of thioether (sulfide) groups is 1. The Balaban J connectivity index is 1.47. The number of rotatable bonds is 9. The Kier molecular flexibility index (Phi) is 7.20. The van der Waals surface area contributed by atoms with Crippen molar-refractivity contribution in [2.24, 2.45) is 5.92 Å². The first kappa shape index (κ1) is 26.6. The summed E-state index contributed by atoms with van der Waals surface area (Å²) in [6.45, 7) is 6.35. The topological polar surface area (TPSA) is 95.9 Å². The second kappa shape index (κ2) is 10.3. The van der Waals surface area contributed by atoms with E-state index in [1.54, 1.807) is 0 Å².